The summed E-state index contributed by atoms with van der Waals surface area (Å²) in [7, 11) is 0. The lowest BCUT2D eigenvalue weighted by molar-refractivity contribution is -0.153. The fourth-order valence-electron chi connectivity index (χ4n) is 3.26. The minimum atomic E-state index is -1.73. The summed E-state index contributed by atoms with van der Waals surface area (Å²) < 4.78 is 10.8. The molecule has 0 spiro atoms. The minimum absolute atomic E-state index is 0.0724. The summed E-state index contributed by atoms with van der Waals surface area (Å²) in [5, 5.41) is 21.6. The fraction of sp³-hybridized carbons (Fsp3) is 0.435. The second-order valence-corrected chi connectivity index (χ2v) is 8.35. The molecule has 7 heteroatoms. The molecule has 0 saturated carbocycles. The molecule has 2 aromatic rings. The van der Waals surface area contributed by atoms with Crippen LogP contribution >= 0.6 is 23.2 Å². The molecular formula is C23H28Cl2O5. The number of carbonyl (C=O) groups excluding carboxylic acids is 1. The van der Waals surface area contributed by atoms with Crippen molar-refractivity contribution < 1.29 is 24.5 Å². The molecule has 5 nitrogen and oxygen atoms in total. The van der Waals surface area contributed by atoms with Gasteiger partial charge in [0.05, 0.1) is 11.8 Å². The van der Waals surface area contributed by atoms with Crippen LogP contribution < -0.4 is 9.47 Å². The Morgan fingerprint density at radius 3 is 1.40 bits per heavy atom. The highest BCUT2D eigenvalue weighted by atomic mass is 35.5. The third-order valence-corrected chi connectivity index (χ3v) is 4.92. The molecular weight excluding hydrogens is 427 g/mol. The molecule has 2 N–H and O–H groups in total. The van der Waals surface area contributed by atoms with Gasteiger partial charge in [0.25, 0.3) is 0 Å². The third-order valence-electron chi connectivity index (χ3n) is 4.61. The average Bonchev–Trinajstić information content (AvgIpc) is 2.71. The molecule has 2 rings (SSSR count). The van der Waals surface area contributed by atoms with Crippen LogP contribution in [0.2, 0.25) is 0 Å². The van der Waals surface area contributed by atoms with E-state index in [1.54, 1.807) is 48.5 Å². The van der Waals surface area contributed by atoms with E-state index >= 15 is 0 Å². The van der Waals surface area contributed by atoms with Crippen molar-refractivity contribution in [3.63, 3.8) is 0 Å². The highest BCUT2D eigenvalue weighted by Crippen LogP contribution is 2.26. The second-order valence-electron chi connectivity index (χ2n) is 7.59. The van der Waals surface area contributed by atoms with Crippen LogP contribution in [0.3, 0.4) is 0 Å². The second kappa shape index (κ2) is 11.0. The van der Waals surface area contributed by atoms with Crippen LogP contribution in [0, 0.1) is 0 Å². The third kappa shape index (κ3) is 7.17. The van der Waals surface area contributed by atoms with Crippen LogP contribution in [0.5, 0.6) is 11.5 Å². The summed E-state index contributed by atoms with van der Waals surface area (Å²) in [6.45, 7) is 3.65. The number of carbonyl (C=O) groups is 1. The normalized spacial score (nSPS) is 15.1. The molecule has 0 aliphatic heterocycles. The molecule has 0 fully saturated rings. The number of halogens is 2. The molecule has 30 heavy (non-hydrogen) atoms. The maximum Gasteiger partial charge on any atom is 0.195 e. The van der Waals surface area contributed by atoms with E-state index in [4.69, 9.17) is 32.7 Å². The van der Waals surface area contributed by atoms with Crippen molar-refractivity contribution in [1.29, 1.82) is 0 Å². The zero-order valence-corrected chi connectivity index (χ0v) is 18.7. The van der Waals surface area contributed by atoms with Crippen LogP contribution in [0.25, 0.3) is 0 Å². The average molecular weight is 455 g/mol. The van der Waals surface area contributed by atoms with Gasteiger partial charge >= 0.3 is 0 Å². The summed E-state index contributed by atoms with van der Waals surface area (Å²) in [4.78, 5) is 12.9. The Morgan fingerprint density at radius 1 is 0.767 bits per heavy atom. The molecule has 0 amide bonds. The van der Waals surface area contributed by atoms with E-state index in [0.29, 0.717) is 36.5 Å². The van der Waals surface area contributed by atoms with Gasteiger partial charge in [-0.05, 0) is 49.2 Å². The van der Waals surface area contributed by atoms with Crippen molar-refractivity contribution in [3.8, 4) is 11.5 Å². The number of rotatable bonds is 12. The minimum Gasteiger partial charge on any atom is -0.492 e. The number of Topliss-reactive ketones (excluding diaryl/α,β-unsaturated/α-hetero) is 1. The number of ketones is 1. The number of aliphatic hydroxyl groups is 2. The lowest BCUT2D eigenvalue weighted by Gasteiger charge is -2.31. The van der Waals surface area contributed by atoms with E-state index in [1.807, 2.05) is 0 Å². The van der Waals surface area contributed by atoms with E-state index in [-0.39, 0.29) is 12.8 Å². The van der Waals surface area contributed by atoms with Gasteiger partial charge in [-0.15, -0.1) is 23.2 Å². The van der Waals surface area contributed by atoms with Gasteiger partial charge < -0.3 is 19.7 Å². The van der Waals surface area contributed by atoms with Crippen molar-refractivity contribution in [2.75, 3.05) is 25.0 Å². The van der Waals surface area contributed by atoms with Gasteiger partial charge in [-0.25, -0.2) is 0 Å². The summed E-state index contributed by atoms with van der Waals surface area (Å²) in [5.41, 5.74) is -1.96. The molecule has 0 saturated heterocycles. The number of alkyl halides is 2. The maximum absolute atomic E-state index is 12.9. The topological polar surface area (TPSA) is 76.0 Å². The molecule has 2 unspecified atom stereocenters. The Balaban J connectivity index is 2.02. The first-order valence-electron chi connectivity index (χ1n) is 9.73. The summed E-state index contributed by atoms with van der Waals surface area (Å²) in [6, 6.07) is 14.1. The van der Waals surface area contributed by atoms with Gasteiger partial charge in [-0.2, -0.15) is 0 Å². The lowest BCUT2D eigenvalue weighted by atomic mass is 9.80. The monoisotopic (exact) mass is 454 g/mol. The highest BCUT2D eigenvalue weighted by Gasteiger charge is 2.42. The summed E-state index contributed by atoms with van der Waals surface area (Å²) in [6.07, 6.45) is 0.145. The van der Waals surface area contributed by atoms with Crippen LogP contribution in [-0.4, -0.2) is 52.2 Å². The fourth-order valence-corrected chi connectivity index (χ4v) is 3.41. The van der Waals surface area contributed by atoms with Gasteiger partial charge in [0.15, 0.2) is 5.78 Å². The van der Waals surface area contributed by atoms with E-state index in [0.717, 1.165) is 11.1 Å². The molecule has 0 bridgehead atoms. The molecule has 0 radical (unpaired) electrons. The quantitative estimate of drug-likeness (QED) is 0.477. The van der Waals surface area contributed by atoms with E-state index in [1.165, 1.54) is 13.8 Å². The van der Waals surface area contributed by atoms with Crippen molar-refractivity contribution >= 4 is 29.0 Å². The van der Waals surface area contributed by atoms with E-state index in [2.05, 4.69) is 0 Å². The number of hydrogen-bond donors (Lipinski definition) is 2. The number of benzene rings is 2. The van der Waals surface area contributed by atoms with Crippen molar-refractivity contribution in [1.82, 2.24) is 0 Å². The van der Waals surface area contributed by atoms with Crippen LogP contribution in [-0.2, 0) is 17.6 Å². The smallest absolute Gasteiger partial charge is 0.195 e. The number of hydrogen-bond acceptors (Lipinski definition) is 5. The Morgan fingerprint density at radius 2 is 1.10 bits per heavy atom. The maximum atomic E-state index is 12.9. The van der Waals surface area contributed by atoms with Crippen molar-refractivity contribution in [3.05, 3.63) is 59.7 Å². The van der Waals surface area contributed by atoms with Gasteiger partial charge in [-0.1, -0.05) is 24.3 Å². The number of ether oxygens (including phenoxy) is 2. The van der Waals surface area contributed by atoms with Gasteiger partial charge in [0, 0.05) is 12.8 Å². The lowest BCUT2D eigenvalue weighted by Crippen LogP contribution is -2.52. The Kier molecular flexibility index (Phi) is 8.98. The van der Waals surface area contributed by atoms with E-state index in [9.17, 15) is 15.0 Å². The highest BCUT2D eigenvalue weighted by molar-refractivity contribution is 6.18. The first-order valence-corrected chi connectivity index (χ1v) is 10.8. The van der Waals surface area contributed by atoms with Gasteiger partial charge in [0.1, 0.15) is 35.9 Å². The molecule has 0 aliphatic carbocycles. The molecule has 164 valence electrons. The molecule has 0 aromatic heterocycles. The molecule has 2 atom stereocenters. The zero-order valence-electron chi connectivity index (χ0n) is 17.2. The Bertz CT molecular complexity index is 734. The Labute approximate surface area is 187 Å². The zero-order chi connectivity index (χ0) is 22.2. The van der Waals surface area contributed by atoms with Crippen molar-refractivity contribution in [2.24, 2.45) is 0 Å². The summed E-state index contributed by atoms with van der Waals surface area (Å²) in [5.74, 6) is 1.47. The first-order chi connectivity index (χ1) is 14.2. The van der Waals surface area contributed by atoms with Gasteiger partial charge in [0.2, 0.25) is 0 Å². The molecule has 0 aliphatic rings. The largest absolute Gasteiger partial charge is 0.492 e. The first kappa shape index (κ1) is 24.5. The Hall–Kier alpha value is -1.79. The predicted octanol–water partition coefficient (Wildman–Crippen LogP) is 3.78. The SMILES string of the molecule is CC(O)(Cc1ccc(OCCCl)cc1)C(=O)C(C)(O)Cc1ccc(OCCCl)cc1. The summed E-state index contributed by atoms with van der Waals surface area (Å²) >= 11 is 11.2. The van der Waals surface area contributed by atoms with Crippen LogP contribution in [0.1, 0.15) is 25.0 Å². The predicted molar refractivity (Wildman–Crippen MR) is 119 cm³/mol. The van der Waals surface area contributed by atoms with Gasteiger partial charge in [-0.3, -0.25) is 4.79 Å². The van der Waals surface area contributed by atoms with Crippen LogP contribution in [0.15, 0.2) is 48.5 Å². The standard InChI is InChI=1S/C23H28Cl2O5/c1-22(27,15-17-3-7-19(8-4-17)29-13-11-24)21(26)23(2,28)16-18-5-9-20(10-6-18)30-14-12-25/h3-10,27-28H,11-16H2,1-2H3. The molecule has 0 heterocycles. The van der Waals surface area contributed by atoms with Crippen LogP contribution in [0.4, 0.5) is 0 Å². The van der Waals surface area contributed by atoms with E-state index < -0.39 is 17.0 Å². The van der Waals surface area contributed by atoms with Crippen molar-refractivity contribution in [2.45, 2.75) is 37.9 Å². The molecule has 2 aromatic carbocycles.